The summed E-state index contributed by atoms with van der Waals surface area (Å²) in [5.41, 5.74) is 3.31. The summed E-state index contributed by atoms with van der Waals surface area (Å²) in [6, 6.07) is 14.9. The third-order valence-corrected chi connectivity index (χ3v) is 4.13. The van der Waals surface area contributed by atoms with Crippen LogP contribution in [0, 0.1) is 0 Å². The van der Waals surface area contributed by atoms with Crippen molar-refractivity contribution in [3.63, 3.8) is 0 Å². The largest absolute Gasteiger partial charge is 0.507 e. The highest BCUT2D eigenvalue weighted by Gasteiger charge is 2.15. The van der Waals surface area contributed by atoms with Crippen molar-refractivity contribution < 1.29 is 14.7 Å². The van der Waals surface area contributed by atoms with E-state index in [1.807, 2.05) is 41.0 Å². The smallest absolute Gasteiger partial charge is 0.170 e. The first-order valence-corrected chi connectivity index (χ1v) is 8.09. The van der Waals surface area contributed by atoms with Gasteiger partial charge in [0, 0.05) is 24.8 Å². The van der Waals surface area contributed by atoms with Gasteiger partial charge >= 0.3 is 0 Å². The van der Waals surface area contributed by atoms with Gasteiger partial charge in [-0.3, -0.25) is 4.57 Å². The molecule has 0 saturated carbocycles. The molecule has 0 amide bonds. The number of benzene rings is 2. The molecule has 0 atom stereocenters. The maximum absolute atomic E-state index is 10.2. The van der Waals surface area contributed by atoms with Gasteiger partial charge in [-0.2, -0.15) is 0 Å². The second kappa shape index (κ2) is 6.41. The number of phenols is 1. The van der Waals surface area contributed by atoms with Crippen molar-refractivity contribution in [2.24, 2.45) is 0 Å². The van der Waals surface area contributed by atoms with Crippen LogP contribution in [0.5, 0.6) is 5.75 Å². The summed E-state index contributed by atoms with van der Waals surface area (Å²) in [5.74, 6) is 1.49. The summed E-state index contributed by atoms with van der Waals surface area (Å²) in [6.45, 7) is 0.113. The van der Waals surface area contributed by atoms with Crippen molar-refractivity contribution in [1.82, 2.24) is 14.7 Å². The molecule has 0 fully saturated rings. The molecule has 0 aliphatic rings. The van der Waals surface area contributed by atoms with E-state index in [1.54, 1.807) is 18.3 Å². The molecule has 0 bridgehead atoms. The normalized spacial score (nSPS) is 11.2. The number of para-hydroxylation sites is 2. The van der Waals surface area contributed by atoms with Gasteiger partial charge in [0.05, 0.1) is 22.8 Å². The molecule has 2 N–H and O–H groups in total. The fraction of sp³-hybridized carbons (Fsp3) is 0.158. The van der Waals surface area contributed by atoms with Crippen molar-refractivity contribution >= 4 is 11.0 Å². The Bertz CT molecular complexity index is 1010. The van der Waals surface area contributed by atoms with Gasteiger partial charge in [-0.15, -0.1) is 0 Å². The quantitative estimate of drug-likeness (QED) is 0.584. The maximum atomic E-state index is 10.2. The minimum absolute atomic E-state index is 0.113. The van der Waals surface area contributed by atoms with Gasteiger partial charge in [-0.05, 0) is 36.8 Å². The molecule has 0 radical (unpaired) electrons. The Morgan fingerprint density at radius 1 is 1.08 bits per heavy atom. The zero-order chi connectivity index (χ0) is 17.2. The number of hydrogen-bond acceptors (Lipinski definition) is 5. The highest BCUT2D eigenvalue weighted by molar-refractivity contribution is 5.79. The number of rotatable bonds is 5. The van der Waals surface area contributed by atoms with Crippen LogP contribution < -0.4 is 0 Å². The molecular formula is C19H17N3O3. The number of aliphatic hydroxyl groups is 1. The molecule has 2 heterocycles. The first-order valence-electron chi connectivity index (χ1n) is 8.09. The van der Waals surface area contributed by atoms with Crippen molar-refractivity contribution in [2.75, 3.05) is 6.61 Å². The minimum atomic E-state index is 0.113. The van der Waals surface area contributed by atoms with E-state index in [9.17, 15) is 10.2 Å². The molecule has 0 spiro atoms. The van der Waals surface area contributed by atoms with Gasteiger partial charge in [0.15, 0.2) is 5.76 Å². The van der Waals surface area contributed by atoms with E-state index in [1.165, 1.54) is 0 Å². The molecule has 0 aliphatic heterocycles. The number of aryl methyl sites for hydroxylation is 1. The van der Waals surface area contributed by atoms with Gasteiger partial charge < -0.3 is 14.7 Å². The number of nitrogens with zero attached hydrogens (tertiary/aromatic N) is 3. The van der Waals surface area contributed by atoms with Crippen LogP contribution in [0.2, 0.25) is 0 Å². The van der Waals surface area contributed by atoms with Crippen molar-refractivity contribution in [1.29, 1.82) is 0 Å². The van der Waals surface area contributed by atoms with E-state index in [4.69, 9.17) is 9.51 Å². The van der Waals surface area contributed by atoms with Gasteiger partial charge in [-0.25, -0.2) is 4.98 Å². The predicted molar refractivity (Wildman–Crippen MR) is 93.6 cm³/mol. The Labute approximate surface area is 144 Å². The topological polar surface area (TPSA) is 84.3 Å². The second-order valence-corrected chi connectivity index (χ2v) is 5.76. The molecule has 2 aromatic heterocycles. The fourth-order valence-corrected chi connectivity index (χ4v) is 2.98. The number of fused-ring (bicyclic) bond motifs is 1. The molecule has 2 aromatic carbocycles. The zero-order valence-electron chi connectivity index (χ0n) is 13.5. The van der Waals surface area contributed by atoms with Crippen LogP contribution in [-0.2, 0) is 6.42 Å². The van der Waals surface area contributed by atoms with Gasteiger partial charge in [-0.1, -0.05) is 17.3 Å². The third-order valence-electron chi connectivity index (χ3n) is 4.13. The molecule has 4 rings (SSSR count). The standard InChI is InChI=1S/C19H17N3O3/c23-11-3-6-19-21-15-4-1-2-5-16(15)22(19)13-7-8-17(24)14(12-13)18-9-10-20-25-18/h1-2,4-5,7-10,12,23-24H,3,6,11H2. The summed E-state index contributed by atoms with van der Waals surface area (Å²) >= 11 is 0. The number of hydrogen-bond donors (Lipinski definition) is 2. The maximum Gasteiger partial charge on any atom is 0.170 e. The molecule has 6 heteroatoms. The van der Waals surface area contributed by atoms with E-state index in [-0.39, 0.29) is 12.4 Å². The van der Waals surface area contributed by atoms with Crippen LogP contribution in [-0.4, -0.2) is 31.5 Å². The Hall–Kier alpha value is -3.12. The first-order chi connectivity index (χ1) is 12.3. The van der Waals surface area contributed by atoms with E-state index in [0.29, 0.717) is 24.2 Å². The van der Waals surface area contributed by atoms with E-state index in [0.717, 1.165) is 22.5 Å². The lowest BCUT2D eigenvalue weighted by Crippen LogP contribution is -2.03. The van der Waals surface area contributed by atoms with Crippen LogP contribution in [0.3, 0.4) is 0 Å². The summed E-state index contributed by atoms with van der Waals surface area (Å²) in [5, 5.41) is 23.1. The lowest BCUT2D eigenvalue weighted by molar-refractivity contribution is 0.287. The van der Waals surface area contributed by atoms with E-state index < -0.39 is 0 Å². The lowest BCUT2D eigenvalue weighted by atomic mass is 10.1. The molecule has 4 aromatic rings. The second-order valence-electron chi connectivity index (χ2n) is 5.76. The molecule has 0 unspecified atom stereocenters. The molecular weight excluding hydrogens is 318 g/mol. The third kappa shape index (κ3) is 2.77. The summed E-state index contributed by atoms with van der Waals surface area (Å²) in [6.07, 6.45) is 2.83. The molecule has 6 nitrogen and oxygen atoms in total. The van der Waals surface area contributed by atoms with Crippen LogP contribution in [0.25, 0.3) is 28.0 Å². The Kier molecular flexibility index (Phi) is 3.95. The number of aromatic hydroxyl groups is 1. The van der Waals surface area contributed by atoms with Crippen LogP contribution >= 0.6 is 0 Å². The first kappa shape index (κ1) is 15.4. The Morgan fingerprint density at radius 2 is 1.96 bits per heavy atom. The van der Waals surface area contributed by atoms with Gasteiger partial charge in [0.25, 0.3) is 0 Å². The monoisotopic (exact) mass is 335 g/mol. The minimum Gasteiger partial charge on any atom is -0.507 e. The van der Waals surface area contributed by atoms with Gasteiger partial charge in [0.2, 0.25) is 0 Å². The number of aromatic nitrogens is 3. The van der Waals surface area contributed by atoms with E-state index >= 15 is 0 Å². The van der Waals surface area contributed by atoms with Gasteiger partial charge in [0.1, 0.15) is 11.6 Å². The van der Waals surface area contributed by atoms with Crippen LogP contribution in [0.15, 0.2) is 59.3 Å². The van der Waals surface area contributed by atoms with Crippen molar-refractivity contribution in [3.8, 4) is 22.8 Å². The van der Waals surface area contributed by atoms with Crippen molar-refractivity contribution in [3.05, 3.63) is 60.6 Å². The van der Waals surface area contributed by atoms with E-state index in [2.05, 4.69) is 5.16 Å². The number of aliphatic hydroxyl groups excluding tert-OH is 1. The summed E-state index contributed by atoms with van der Waals surface area (Å²) < 4.78 is 7.23. The molecule has 25 heavy (non-hydrogen) atoms. The Balaban J connectivity index is 1.90. The molecule has 126 valence electrons. The van der Waals surface area contributed by atoms with Crippen LogP contribution in [0.4, 0.5) is 0 Å². The lowest BCUT2D eigenvalue weighted by Gasteiger charge is -2.11. The predicted octanol–water partition coefficient (Wildman–Crippen LogP) is 3.31. The highest BCUT2D eigenvalue weighted by atomic mass is 16.5. The van der Waals surface area contributed by atoms with Crippen molar-refractivity contribution in [2.45, 2.75) is 12.8 Å². The fourth-order valence-electron chi connectivity index (χ4n) is 2.98. The number of imidazole rings is 1. The molecule has 0 saturated heterocycles. The highest BCUT2D eigenvalue weighted by Crippen LogP contribution is 2.32. The molecule has 0 aliphatic carbocycles. The average Bonchev–Trinajstić information content (AvgIpc) is 3.28. The SMILES string of the molecule is OCCCc1nc2ccccc2n1-c1ccc(O)c(-c2ccno2)c1. The summed E-state index contributed by atoms with van der Waals surface area (Å²) in [4.78, 5) is 4.69. The zero-order valence-corrected chi connectivity index (χ0v) is 13.5. The number of phenolic OH excluding ortho intramolecular Hbond substituents is 1. The summed E-state index contributed by atoms with van der Waals surface area (Å²) in [7, 11) is 0. The average molecular weight is 335 g/mol. The Morgan fingerprint density at radius 3 is 2.76 bits per heavy atom. The van der Waals surface area contributed by atoms with Crippen LogP contribution in [0.1, 0.15) is 12.2 Å².